The number of rotatable bonds is 1. The highest BCUT2D eigenvalue weighted by atomic mass is 35.7. The number of thiol groups is 1. The molecule has 1 N–H and O–H groups in total. The van der Waals surface area contributed by atoms with E-state index in [0.29, 0.717) is 0 Å². The average Bonchev–Trinajstić information content (AvgIpc) is 2.07. The summed E-state index contributed by atoms with van der Waals surface area (Å²) in [5, 5.41) is 17.7. The maximum absolute atomic E-state index is 11.0. The van der Waals surface area contributed by atoms with Gasteiger partial charge in [-0.15, -0.1) is 12.6 Å². The van der Waals surface area contributed by atoms with Crippen LogP contribution in [0.1, 0.15) is 5.56 Å². The smallest absolute Gasteiger partial charge is 0.262 e. The minimum atomic E-state index is -4.00. The van der Waals surface area contributed by atoms with Crippen LogP contribution in [0, 0.1) is 11.3 Å². The molecule has 0 radical (unpaired) electrons. The van der Waals surface area contributed by atoms with E-state index in [9.17, 15) is 8.42 Å². The van der Waals surface area contributed by atoms with Crippen LogP contribution in [-0.2, 0) is 9.05 Å². The van der Waals surface area contributed by atoms with Crippen LogP contribution in [0.2, 0.25) is 0 Å². The number of phenols is 1. The number of benzene rings is 1. The van der Waals surface area contributed by atoms with Crippen LogP contribution in [0.3, 0.4) is 0 Å². The third-order valence-electron chi connectivity index (χ3n) is 1.46. The Kier molecular flexibility index (Phi) is 2.95. The van der Waals surface area contributed by atoms with Gasteiger partial charge in [0, 0.05) is 21.6 Å². The van der Waals surface area contributed by atoms with Crippen molar-refractivity contribution in [2.75, 3.05) is 0 Å². The highest BCUT2D eigenvalue weighted by Crippen LogP contribution is 2.29. The van der Waals surface area contributed by atoms with Crippen molar-refractivity contribution in [1.82, 2.24) is 0 Å². The van der Waals surface area contributed by atoms with E-state index < -0.39 is 9.05 Å². The first kappa shape index (κ1) is 11.2. The molecule has 0 aliphatic rings. The molecule has 0 aliphatic carbocycles. The molecule has 1 aromatic carbocycles. The molecular weight excluding hydrogens is 246 g/mol. The molecule has 1 aromatic rings. The van der Waals surface area contributed by atoms with Crippen LogP contribution in [0.25, 0.3) is 0 Å². The summed E-state index contributed by atoms with van der Waals surface area (Å²) in [6.07, 6.45) is 0. The lowest BCUT2D eigenvalue weighted by atomic mass is 10.2. The van der Waals surface area contributed by atoms with Gasteiger partial charge in [0.15, 0.2) is 0 Å². The van der Waals surface area contributed by atoms with Crippen molar-refractivity contribution in [3.8, 4) is 11.8 Å². The number of nitriles is 1. The Morgan fingerprint density at radius 3 is 2.50 bits per heavy atom. The van der Waals surface area contributed by atoms with Crippen LogP contribution in [0.4, 0.5) is 0 Å². The van der Waals surface area contributed by atoms with Crippen molar-refractivity contribution in [2.45, 2.75) is 9.79 Å². The molecule has 74 valence electrons. The first-order valence-corrected chi connectivity index (χ1v) is 6.02. The molecule has 0 saturated heterocycles. The summed E-state index contributed by atoms with van der Waals surface area (Å²) < 4.78 is 21.9. The fraction of sp³-hybridized carbons (Fsp3) is 0. The summed E-state index contributed by atoms with van der Waals surface area (Å²) in [6, 6.07) is 3.64. The summed E-state index contributed by atoms with van der Waals surface area (Å²) in [6.45, 7) is 0. The van der Waals surface area contributed by atoms with E-state index in [0.717, 1.165) is 12.1 Å². The topological polar surface area (TPSA) is 78.2 Å². The first-order chi connectivity index (χ1) is 6.36. The average molecular weight is 250 g/mol. The standard InChI is InChI=1S/C7H4ClNO3S2/c8-14(11,12)7-2-6(13)5(10)1-4(7)3-9/h1-2,10,13H. The maximum atomic E-state index is 11.0. The number of phenolic OH excluding ortho intramolecular Hbond substituents is 1. The van der Waals surface area contributed by atoms with E-state index in [2.05, 4.69) is 12.6 Å². The Bertz CT molecular complexity index is 518. The molecule has 0 atom stereocenters. The predicted molar refractivity (Wildman–Crippen MR) is 53.1 cm³/mol. The molecule has 0 saturated carbocycles. The molecule has 0 aromatic heterocycles. The third kappa shape index (κ3) is 2.12. The fourth-order valence-electron chi connectivity index (χ4n) is 0.847. The summed E-state index contributed by atoms with van der Waals surface area (Å²) in [5.41, 5.74) is -0.213. The van der Waals surface area contributed by atoms with E-state index in [4.69, 9.17) is 21.1 Å². The first-order valence-electron chi connectivity index (χ1n) is 3.27. The molecule has 0 heterocycles. The second kappa shape index (κ2) is 3.69. The third-order valence-corrected chi connectivity index (χ3v) is 3.18. The van der Waals surface area contributed by atoms with Gasteiger partial charge in [-0.3, -0.25) is 0 Å². The summed E-state index contributed by atoms with van der Waals surface area (Å²) in [4.78, 5) is -0.312. The Morgan fingerprint density at radius 2 is 2.07 bits per heavy atom. The predicted octanol–water partition coefficient (Wildman–Crippen LogP) is 1.48. The van der Waals surface area contributed by atoms with Crippen molar-refractivity contribution in [3.63, 3.8) is 0 Å². The summed E-state index contributed by atoms with van der Waals surface area (Å²) in [7, 11) is 1.08. The second-order valence-corrected chi connectivity index (χ2v) is 5.40. The Labute approximate surface area is 90.6 Å². The van der Waals surface area contributed by atoms with Gasteiger partial charge in [-0.1, -0.05) is 0 Å². The van der Waals surface area contributed by atoms with Gasteiger partial charge in [-0.2, -0.15) is 5.26 Å². The van der Waals surface area contributed by atoms with E-state index in [1.54, 1.807) is 6.07 Å². The SMILES string of the molecule is N#Cc1cc(O)c(S)cc1S(=O)(=O)Cl. The van der Waals surface area contributed by atoms with Crippen molar-refractivity contribution in [2.24, 2.45) is 0 Å². The number of hydrogen-bond acceptors (Lipinski definition) is 5. The van der Waals surface area contributed by atoms with Crippen LogP contribution in [0.5, 0.6) is 5.75 Å². The molecule has 1 rings (SSSR count). The van der Waals surface area contributed by atoms with E-state index in [1.807, 2.05) is 0 Å². The van der Waals surface area contributed by atoms with Crippen molar-refractivity contribution >= 4 is 32.4 Å². The number of halogens is 1. The van der Waals surface area contributed by atoms with Gasteiger partial charge in [-0.25, -0.2) is 8.42 Å². The largest absolute Gasteiger partial charge is 0.507 e. The zero-order valence-corrected chi connectivity index (χ0v) is 9.07. The van der Waals surface area contributed by atoms with Crippen molar-refractivity contribution < 1.29 is 13.5 Å². The molecule has 0 bridgehead atoms. The van der Waals surface area contributed by atoms with Gasteiger partial charge in [0.2, 0.25) is 0 Å². The fourth-order valence-corrected chi connectivity index (χ4v) is 2.14. The minimum absolute atomic E-state index is 0.0447. The van der Waals surface area contributed by atoms with Gasteiger partial charge < -0.3 is 5.11 Å². The van der Waals surface area contributed by atoms with Crippen LogP contribution in [0.15, 0.2) is 21.9 Å². The second-order valence-electron chi connectivity index (χ2n) is 2.39. The number of aromatic hydroxyl groups is 1. The van der Waals surface area contributed by atoms with Gasteiger partial charge in [-0.05, 0) is 6.07 Å². The van der Waals surface area contributed by atoms with Gasteiger partial charge in [0.05, 0.1) is 5.56 Å². The maximum Gasteiger partial charge on any atom is 0.262 e. The monoisotopic (exact) mass is 249 g/mol. The van der Waals surface area contributed by atoms with Crippen molar-refractivity contribution in [1.29, 1.82) is 5.26 Å². The summed E-state index contributed by atoms with van der Waals surface area (Å²) in [5.74, 6) is -0.269. The highest BCUT2D eigenvalue weighted by molar-refractivity contribution is 8.13. The zero-order chi connectivity index (χ0) is 10.9. The van der Waals surface area contributed by atoms with E-state index in [-0.39, 0.29) is 21.1 Å². The normalized spacial score (nSPS) is 10.9. The van der Waals surface area contributed by atoms with Gasteiger partial charge in [0.25, 0.3) is 9.05 Å². The minimum Gasteiger partial charge on any atom is -0.507 e. The zero-order valence-electron chi connectivity index (χ0n) is 6.60. The molecule has 14 heavy (non-hydrogen) atoms. The van der Waals surface area contributed by atoms with Crippen molar-refractivity contribution in [3.05, 3.63) is 17.7 Å². The molecule has 0 aliphatic heterocycles. The molecular formula is C7H4ClNO3S2. The number of hydrogen-bond donors (Lipinski definition) is 2. The molecule has 0 spiro atoms. The highest BCUT2D eigenvalue weighted by Gasteiger charge is 2.17. The lowest BCUT2D eigenvalue weighted by Gasteiger charge is -2.02. The Hall–Kier alpha value is -0.900. The summed E-state index contributed by atoms with van der Waals surface area (Å²) >= 11 is 3.80. The Balaban J connectivity index is 3.61. The van der Waals surface area contributed by atoms with Crippen LogP contribution < -0.4 is 0 Å². The van der Waals surface area contributed by atoms with Gasteiger partial charge >= 0.3 is 0 Å². The lowest BCUT2D eigenvalue weighted by Crippen LogP contribution is -1.95. The van der Waals surface area contributed by atoms with Crippen LogP contribution in [-0.4, -0.2) is 13.5 Å². The Morgan fingerprint density at radius 1 is 1.50 bits per heavy atom. The van der Waals surface area contributed by atoms with Crippen LogP contribution >= 0.6 is 23.3 Å². The molecule has 0 unspecified atom stereocenters. The molecule has 0 amide bonds. The van der Waals surface area contributed by atoms with E-state index >= 15 is 0 Å². The molecule has 7 heteroatoms. The molecule has 4 nitrogen and oxygen atoms in total. The van der Waals surface area contributed by atoms with E-state index in [1.165, 1.54) is 0 Å². The lowest BCUT2D eigenvalue weighted by molar-refractivity contribution is 0.461. The van der Waals surface area contributed by atoms with Gasteiger partial charge in [0.1, 0.15) is 16.7 Å². The number of nitrogens with zero attached hydrogens (tertiary/aromatic N) is 1. The quantitative estimate of drug-likeness (QED) is 0.584. The molecule has 0 fully saturated rings.